The average Bonchev–Trinajstić information content (AvgIpc) is 3.07. The van der Waals surface area contributed by atoms with Crippen molar-refractivity contribution in [2.75, 3.05) is 11.9 Å². The fourth-order valence-electron chi connectivity index (χ4n) is 2.74. The number of hydrogen-bond acceptors (Lipinski definition) is 4. The van der Waals surface area contributed by atoms with Crippen LogP contribution in [0.4, 0.5) is 14.5 Å². The molecule has 0 aliphatic carbocycles. The molecule has 0 unspecified atom stereocenters. The van der Waals surface area contributed by atoms with Gasteiger partial charge in [0.2, 0.25) is 5.78 Å². The van der Waals surface area contributed by atoms with Crippen LogP contribution in [0.15, 0.2) is 60.9 Å². The second-order valence-electron chi connectivity index (χ2n) is 6.07. The zero-order valence-electron chi connectivity index (χ0n) is 15.0. The van der Waals surface area contributed by atoms with Crippen molar-refractivity contribution in [3.63, 3.8) is 0 Å². The van der Waals surface area contributed by atoms with Crippen LogP contribution in [0.5, 0.6) is 11.6 Å². The predicted octanol–water partition coefficient (Wildman–Crippen LogP) is 4.73. The molecule has 4 rings (SSSR count). The number of imidazole rings is 1. The molecule has 2 aromatic heterocycles. The van der Waals surface area contributed by atoms with E-state index in [0.717, 1.165) is 12.1 Å². The molecule has 9 heteroatoms. The van der Waals surface area contributed by atoms with Crippen LogP contribution in [0, 0.1) is 11.6 Å². The summed E-state index contributed by atoms with van der Waals surface area (Å²) >= 11 is 5.91. The van der Waals surface area contributed by atoms with E-state index in [0.29, 0.717) is 16.8 Å². The van der Waals surface area contributed by atoms with Gasteiger partial charge in [0.1, 0.15) is 5.82 Å². The molecule has 0 saturated heterocycles. The molecule has 146 valence electrons. The van der Waals surface area contributed by atoms with Crippen molar-refractivity contribution in [1.29, 1.82) is 0 Å². The van der Waals surface area contributed by atoms with E-state index in [4.69, 9.17) is 16.3 Å². The lowest BCUT2D eigenvalue weighted by molar-refractivity contribution is 0.0984. The fraction of sp³-hybridized carbons (Fsp3) is 0.0500. The van der Waals surface area contributed by atoms with Gasteiger partial charge in [0.05, 0.1) is 0 Å². The van der Waals surface area contributed by atoms with E-state index in [1.807, 2.05) is 0 Å². The quantitative estimate of drug-likeness (QED) is 0.484. The number of carbonyl (C=O) groups is 1. The molecule has 2 heterocycles. The van der Waals surface area contributed by atoms with Crippen molar-refractivity contribution in [2.45, 2.75) is 0 Å². The Morgan fingerprint density at radius 3 is 2.66 bits per heavy atom. The minimum absolute atomic E-state index is 0.0364. The van der Waals surface area contributed by atoms with Gasteiger partial charge in [0.15, 0.2) is 17.3 Å². The van der Waals surface area contributed by atoms with E-state index in [1.54, 1.807) is 43.6 Å². The number of aromatic nitrogens is 3. The molecule has 1 amide bonds. The third-order valence-electron chi connectivity index (χ3n) is 4.19. The van der Waals surface area contributed by atoms with Gasteiger partial charge in [-0.25, -0.2) is 13.8 Å². The topological polar surface area (TPSA) is 59.7 Å². The van der Waals surface area contributed by atoms with E-state index in [2.05, 4.69) is 9.97 Å². The molecule has 0 aliphatic heterocycles. The standard InChI is InChI=1S/C20H13ClF2N4O2/c1-26(14-6-3-12(21)4-7-14)19(28)17-18(25-20-24-9-2-10-27(17)20)29-16-8-5-13(22)11-15(16)23/h2-11H,1H3. The van der Waals surface area contributed by atoms with Gasteiger partial charge in [-0.1, -0.05) is 11.6 Å². The second-order valence-corrected chi connectivity index (χ2v) is 6.51. The first-order valence-electron chi connectivity index (χ1n) is 8.43. The summed E-state index contributed by atoms with van der Waals surface area (Å²) in [6.45, 7) is 0. The maximum atomic E-state index is 14.1. The Morgan fingerprint density at radius 1 is 1.17 bits per heavy atom. The van der Waals surface area contributed by atoms with E-state index in [9.17, 15) is 13.6 Å². The van der Waals surface area contributed by atoms with Gasteiger partial charge in [-0.05, 0) is 42.5 Å². The summed E-state index contributed by atoms with van der Waals surface area (Å²) < 4.78 is 34.2. The molecule has 2 aromatic carbocycles. The zero-order chi connectivity index (χ0) is 20.5. The summed E-state index contributed by atoms with van der Waals surface area (Å²) in [5, 5.41) is 0.532. The van der Waals surface area contributed by atoms with Crippen molar-refractivity contribution in [3.05, 3.63) is 83.3 Å². The van der Waals surface area contributed by atoms with E-state index < -0.39 is 17.5 Å². The highest BCUT2D eigenvalue weighted by molar-refractivity contribution is 6.30. The zero-order valence-corrected chi connectivity index (χ0v) is 15.8. The molecule has 0 spiro atoms. The Balaban J connectivity index is 1.79. The first kappa shape index (κ1) is 18.8. The van der Waals surface area contributed by atoms with Crippen LogP contribution in [-0.2, 0) is 0 Å². The lowest BCUT2D eigenvalue weighted by Crippen LogP contribution is -2.27. The van der Waals surface area contributed by atoms with Gasteiger partial charge in [-0.15, -0.1) is 0 Å². The van der Waals surface area contributed by atoms with Crippen LogP contribution < -0.4 is 9.64 Å². The fourth-order valence-corrected chi connectivity index (χ4v) is 2.86. The number of anilines is 1. The summed E-state index contributed by atoms with van der Waals surface area (Å²) in [5.74, 6) is -2.36. The largest absolute Gasteiger partial charge is 0.434 e. The predicted molar refractivity (Wildman–Crippen MR) is 104 cm³/mol. The number of carbonyl (C=O) groups excluding carboxylic acids is 1. The Kier molecular flexibility index (Phi) is 4.85. The van der Waals surface area contributed by atoms with Crippen molar-refractivity contribution in [2.24, 2.45) is 0 Å². The van der Waals surface area contributed by atoms with Gasteiger partial charge < -0.3 is 9.64 Å². The van der Waals surface area contributed by atoms with E-state index >= 15 is 0 Å². The summed E-state index contributed by atoms with van der Waals surface area (Å²) in [6.07, 6.45) is 3.09. The highest BCUT2D eigenvalue weighted by atomic mass is 35.5. The number of rotatable bonds is 4. The summed E-state index contributed by atoms with van der Waals surface area (Å²) in [5.41, 5.74) is 0.617. The van der Waals surface area contributed by atoms with Crippen LogP contribution in [-0.4, -0.2) is 27.3 Å². The Morgan fingerprint density at radius 2 is 1.93 bits per heavy atom. The smallest absolute Gasteiger partial charge is 0.280 e. The normalized spacial score (nSPS) is 10.9. The van der Waals surface area contributed by atoms with E-state index in [1.165, 1.54) is 15.5 Å². The number of halogens is 3. The van der Waals surface area contributed by atoms with Gasteiger partial charge in [-0.3, -0.25) is 9.20 Å². The summed E-state index contributed by atoms with van der Waals surface area (Å²) in [4.78, 5) is 22.9. The number of benzene rings is 2. The molecule has 0 bridgehead atoms. The van der Waals surface area contributed by atoms with Crippen LogP contribution >= 0.6 is 11.6 Å². The molecule has 0 aliphatic rings. The number of hydrogen-bond donors (Lipinski definition) is 0. The Labute approximate surface area is 169 Å². The molecule has 6 nitrogen and oxygen atoms in total. The van der Waals surface area contributed by atoms with Gasteiger partial charge in [-0.2, -0.15) is 4.98 Å². The number of ether oxygens (including phenoxy) is 1. The molecule has 4 aromatic rings. The van der Waals surface area contributed by atoms with Crippen LogP contribution in [0.3, 0.4) is 0 Å². The third kappa shape index (κ3) is 3.62. The second kappa shape index (κ2) is 7.48. The highest BCUT2D eigenvalue weighted by Crippen LogP contribution is 2.29. The highest BCUT2D eigenvalue weighted by Gasteiger charge is 2.26. The third-order valence-corrected chi connectivity index (χ3v) is 4.45. The molecule has 0 atom stereocenters. The summed E-state index contributed by atoms with van der Waals surface area (Å²) in [6, 6.07) is 11.2. The van der Waals surface area contributed by atoms with Crippen molar-refractivity contribution >= 4 is 29.0 Å². The average molecular weight is 415 g/mol. The first-order chi connectivity index (χ1) is 13.9. The lowest BCUT2D eigenvalue weighted by Gasteiger charge is -2.17. The number of fused-ring (bicyclic) bond motifs is 1. The number of nitrogens with zero attached hydrogens (tertiary/aromatic N) is 4. The van der Waals surface area contributed by atoms with Crippen LogP contribution in [0.25, 0.3) is 5.78 Å². The molecule has 29 heavy (non-hydrogen) atoms. The monoisotopic (exact) mass is 414 g/mol. The first-order valence-corrected chi connectivity index (χ1v) is 8.81. The maximum Gasteiger partial charge on any atom is 0.280 e. The van der Waals surface area contributed by atoms with Crippen molar-refractivity contribution < 1.29 is 18.3 Å². The minimum atomic E-state index is -0.917. The van der Waals surface area contributed by atoms with Crippen LogP contribution in [0.2, 0.25) is 5.02 Å². The summed E-state index contributed by atoms with van der Waals surface area (Å²) in [7, 11) is 1.57. The maximum absolute atomic E-state index is 14.1. The molecule has 0 radical (unpaired) electrons. The van der Waals surface area contributed by atoms with Crippen LogP contribution in [0.1, 0.15) is 10.5 Å². The molecule has 0 fully saturated rings. The van der Waals surface area contributed by atoms with Gasteiger partial charge >= 0.3 is 0 Å². The van der Waals surface area contributed by atoms with Crippen molar-refractivity contribution in [3.8, 4) is 11.6 Å². The molecule has 0 N–H and O–H groups in total. The number of amides is 1. The van der Waals surface area contributed by atoms with Crippen molar-refractivity contribution in [1.82, 2.24) is 14.4 Å². The Bertz CT molecular complexity index is 1210. The minimum Gasteiger partial charge on any atom is -0.434 e. The van der Waals surface area contributed by atoms with Gasteiger partial charge in [0, 0.05) is 36.2 Å². The van der Waals surface area contributed by atoms with Gasteiger partial charge in [0.25, 0.3) is 11.8 Å². The molecular weight excluding hydrogens is 402 g/mol. The SMILES string of the molecule is CN(C(=O)c1c(Oc2ccc(F)cc2F)nc2ncccn12)c1ccc(Cl)cc1. The molecule has 0 saturated carbocycles. The Hall–Kier alpha value is -3.52. The van der Waals surface area contributed by atoms with E-state index in [-0.39, 0.29) is 23.1 Å². The molecular formula is C20H13ClF2N4O2. The lowest BCUT2D eigenvalue weighted by atomic mass is 10.2.